The van der Waals surface area contributed by atoms with Gasteiger partial charge in [-0.05, 0) is 37.8 Å². The summed E-state index contributed by atoms with van der Waals surface area (Å²) in [4.78, 5) is 7.47. The van der Waals surface area contributed by atoms with Gasteiger partial charge in [0.25, 0.3) is 0 Å². The van der Waals surface area contributed by atoms with Crippen LogP contribution in [0.15, 0.2) is 17.2 Å². The zero-order chi connectivity index (χ0) is 18.9. The van der Waals surface area contributed by atoms with Crippen molar-refractivity contribution in [1.82, 2.24) is 14.2 Å². The second-order valence-electron chi connectivity index (χ2n) is 7.73. The van der Waals surface area contributed by atoms with Crippen molar-refractivity contribution in [3.63, 3.8) is 0 Å². The Labute approximate surface area is 163 Å². The first kappa shape index (κ1) is 19.3. The molecule has 0 N–H and O–H groups in total. The fourth-order valence-electron chi connectivity index (χ4n) is 4.38. The quantitative estimate of drug-likeness (QED) is 0.768. The van der Waals surface area contributed by atoms with Gasteiger partial charge >= 0.3 is 0 Å². The van der Waals surface area contributed by atoms with E-state index in [-0.39, 0.29) is 5.60 Å². The first-order valence-electron chi connectivity index (χ1n) is 9.73. The Morgan fingerprint density at radius 1 is 1.26 bits per heavy atom. The maximum Gasteiger partial charge on any atom is 0.231 e. The summed E-state index contributed by atoms with van der Waals surface area (Å²) >= 11 is 0. The number of rotatable bonds is 4. The van der Waals surface area contributed by atoms with Crippen LogP contribution in [0.5, 0.6) is 5.88 Å². The number of hydrogen-bond donors (Lipinski definition) is 0. The molecular formula is C19H29N3O4S. The molecule has 2 unspecified atom stereocenters. The summed E-state index contributed by atoms with van der Waals surface area (Å²) in [5.74, 6) is 0.440. The van der Waals surface area contributed by atoms with Gasteiger partial charge in [0.15, 0.2) is 0 Å². The van der Waals surface area contributed by atoms with Gasteiger partial charge in [0.05, 0.1) is 19.3 Å². The van der Waals surface area contributed by atoms with Crippen LogP contribution in [0.2, 0.25) is 0 Å². The van der Waals surface area contributed by atoms with E-state index in [0.717, 1.165) is 51.1 Å². The molecular weight excluding hydrogens is 366 g/mol. The van der Waals surface area contributed by atoms with Crippen molar-refractivity contribution in [1.29, 1.82) is 0 Å². The lowest BCUT2D eigenvalue weighted by Crippen LogP contribution is -2.54. The number of nitrogens with zero attached hydrogens (tertiary/aromatic N) is 3. The average molecular weight is 396 g/mol. The maximum atomic E-state index is 13.3. The van der Waals surface area contributed by atoms with E-state index in [9.17, 15) is 4.21 Å². The molecule has 3 aliphatic heterocycles. The van der Waals surface area contributed by atoms with E-state index in [2.05, 4.69) is 9.88 Å². The number of aryl methyl sites for hydroxylation is 1. The van der Waals surface area contributed by atoms with Gasteiger partial charge in [-0.25, -0.2) is 13.5 Å². The Bertz CT molecular complexity index is 698. The van der Waals surface area contributed by atoms with E-state index in [4.69, 9.17) is 14.2 Å². The van der Waals surface area contributed by atoms with Crippen LogP contribution in [-0.2, 0) is 20.5 Å². The highest BCUT2D eigenvalue weighted by Gasteiger charge is 2.46. The Morgan fingerprint density at radius 2 is 2.07 bits per heavy atom. The maximum absolute atomic E-state index is 13.3. The Kier molecular flexibility index (Phi) is 5.80. The molecule has 27 heavy (non-hydrogen) atoms. The fraction of sp³-hybridized carbons (Fsp3) is 0.737. The van der Waals surface area contributed by atoms with Gasteiger partial charge in [-0.1, -0.05) is 0 Å². The second-order valence-corrected chi connectivity index (χ2v) is 9.18. The van der Waals surface area contributed by atoms with Crippen LogP contribution in [0.3, 0.4) is 0 Å². The molecule has 3 saturated heterocycles. The molecule has 0 radical (unpaired) electrons. The van der Waals surface area contributed by atoms with E-state index >= 15 is 0 Å². The summed E-state index contributed by atoms with van der Waals surface area (Å²) in [6, 6.07) is 2.50. The van der Waals surface area contributed by atoms with E-state index in [0.29, 0.717) is 36.5 Å². The summed E-state index contributed by atoms with van der Waals surface area (Å²) in [5.41, 5.74) is 0.755. The molecule has 4 heterocycles. The lowest BCUT2D eigenvalue weighted by molar-refractivity contribution is -0.0837. The minimum atomic E-state index is -1.30. The standard InChI is InChI=1S/C19H29N3O4S/c1-15-11-17(18(24-2)20-12-15)27(23)22-7-10-26-19(14-22)5-6-21(13-19)16-3-8-25-9-4-16/h11-12,16H,3-10,13-14H2,1-2H3. The first-order valence-corrected chi connectivity index (χ1v) is 10.8. The Morgan fingerprint density at radius 3 is 2.85 bits per heavy atom. The van der Waals surface area contributed by atoms with Crippen molar-refractivity contribution in [3.05, 3.63) is 17.8 Å². The predicted octanol–water partition coefficient (Wildman–Crippen LogP) is 1.38. The summed E-state index contributed by atoms with van der Waals surface area (Å²) in [6.45, 7) is 7.55. The molecule has 1 aromatic heterocycles. The van der Waals surface area contributed by atoms with E-state index in [1.807, 2.05) is 17.3 Å². The number of likely N-dealkylation sites (tertiary alicyclic amines) is 1. The number of hydrogen-bond acceptors (Lipinski definition) is 6. The molecule has 8 heteroatoms. The fourth-order valence-corrected chi connectivity index (χ4v) is 5.83. The van der Waals surface area contributed by atoms with Crippen molar-refractivity contribution in [2.45, 2.75) is 42.7 Å². The normalized spacial score (nSPS) is 29.3. The van der Waals surface area contributed by atoms with Crippen molar-refractivity contribution in [3.8, 4) is 5.88 Å². The molecule has 1 aromatic rings. The van der Waals surface area contributed by atoms with Crippen LogP contribution in [-0.4, -0.2) is 83.2 Å². The molecule has 150 valence electrons. The van der Waals surface area contributed by atoms with Gasteiger partial charge in [-0.3, -0.25) is 4.90 Å². The number of pyridine rings is 1. The van der Waals surface area contributed by atoms with Crippen molar-refractivity contribution in [2.75, 3.05) is 53.1 Å². The zero-order valence-corrected chi connectivity index (χ0v) is 17.0. The lowest BCUT2D eigenvalue weighted by Gasteiger charge is -2.40. The van der Waals surface area contributed by atoms with Crippen molar-refractivity contribution < 1.29 is 18.4 Å². The predicted molar refractivity (Wildman–Crippen MR) is 102 cm³/mol. The minimum absolute atomic E-state index is 0.225. The smallest absolute Gasteiger partial charge is 0.231 e. The summed E-state index contributed by atoms with van der Waals surface area (Å²) in [6.07, 6.45) is 4.92. The summed E-state index contributed by atoms with van der Waals surface area (Å²) in [7, 11) is 0.269. The molecule has 0 aliphatic carbocycles. The first-order chi connectivity index (χ1) is 13.1. The second kappa shape index (κ2) is 8.13. The molecule has 0 aromatic carbocycles. The van der Waals surface area contributed by atoms with Crippen molar-refractivity contribution >= 4 is 11.0 Å². The average Bonchev–Trinajstić information content (AvgIpc) is 3.11. The third-order valence-electron chi connectivity index (χ3n) is 5.84. The molecule has 3 fully saturated rings. The largest absolute Gasteiger partial charge is 0.480 e. The van der Waals surface area contributed by atoms with Crippen LogP contribution in [0.25, 0.3) is 0 Å². The molecule has 0 amide bonds. The number of methoxy groups -OCH3 is 1. The highest BCUT2D eigenvalue weighted by molar-refractivity contribution is 7.82. The van der Waals surface area contributed by atoms with Crippen LogP contribution < -0.4 is 4.74 Å². The van der Waals surface area contributed by atoms with Gasteiger partial charge in [0.1, 0.15) is 15.9 Å². The molecule has 0 bridgehead atoms. The molecule has 4 rings (SSSR count). The van der Waals surface area contributed by atoms with Gasteiger partial charge in [-0.2, -0.15) is 0 Å². The van der Waals surface area contributed by atoms with Crippen LogP contribution >= 0.6 is 0 Å². The lowest BCUT2D eigenvalue weighted by atomic mass is 10.0. The number of ether oxygens (including phenoxy) is 3. The Balaban J connectivity index is 1.47. The third-order valence-corrected chi connectivity index (χ3v) is 7.29. The number of aromatic nitrogens is 1. The molecule has 7 nitrogen and oxygen atoms in total. The van der Waals surface area contributed by atoms with Gasteiger partial charge in [-0.15, -0.1) is 0 Å². The van der Waals surface area contributed by atoms with Crippen LogP contribution in [0.4, 0.5) is 0 Å². The van der Waals surface area contributed by atoms with Gasteiger partial charge < -0.3 is 14.2 Å². The van der Waals surface area contributed by atoms with Gasteiger partial charge in [0.2, 0.25) is 5.88 Å². The molecule has 0 saturated carbocycles. The van der Waals surface area contributed by atoms with Crippen LogP contribution in [0.1, 0.15) is 24.8 Å². The van der Waals surface area contributed by atoms with E-state index < -0.39 is 11.0 Å². The summed E-state index contributed by atoms with van der Waals surface area (Å²) < 4.78 is 32.4. The van der Waals surface area contributed by atoms with Crippen LogP contribution in [0, 0.1) is 6.92 Å². The zero-order valence-electron chi connectivity index (χ0n) is 16.2. The highest BCUT2D eigenvalue weighted by Crippen LogP contribution is 2.34. The monoisotopic (exact) mass is 395 g/mol. The van der Waals surface area contributed by atoms with E-state index in [1.165, 1.54) is 0 Å². The molecule has 2 atom stereocenters. The molecule has 1 spiro atoms. The molecule has 3 aliphatic rings. The van der Waals surface area contributed by atoms with Gasteiger partial charge in [0, 0.05) is 51.6 Å². The number of morpholine rings is 1. The topological polar surface area (TPSA) is 64.1 Å². The van der Waals surface area contributed by atoms with E-state index in [1.54, 1.807) is 13.3 Å². The van der Waals surface area contributed by atoms with Crippen molar-refractivity contribution in [2.24, 2.45) is 0 Å². The minimum Gasteiger partial charge on any atom is -0.480 e. The summed E-state index contributed by atoms with van der Waals surface area (Å²) in [5, 5.41) is 0. The third kappa shape index (κ3) is 4.05. The SMILES string of the molecule is COc1ncc(C)cc1S(=O)N1CCOC2(CCN(C3CCOCC3)C2)C1. The Hall–Kier alpha value is -1.06. The highest BCUT2D eigenvalue weighted by atomic mass is 32.2.